The third kappa shape index (κ3) is 4.11. The second-order valence-electron chi connectivity index (χ2n) is 8.44. The van der Waals surface area contributed by atoms with Gasteiger partial charge in [-0.05, 0) is 93.1 Å². The van der Waals surface area contributed by atoms with Gasteiger partial charge in [0.25, 0.3) is 0 Å². The SMILES string of the molecule is Cc1cc2nc(C(C)CC3CCNCC3)n(Cc3ccc(Cl)cc3)c2cc1C. The first-order valence-electron chi connectivity index (χ1n) is 10.4. The van der Waals surface area contributed by atoms with Gasteiger partial charge in [-0.2, -0.15) is 0 Å². The van der Waals surface area contributed by atoms with Crippen LogP contribution in [0.5, 0.6) is 0 Å². The number of hydrogen-bond acceptors (Lipinski definition) is 2. The van der Waals surface area contributed by atoms with Crippen LogP contribution in [0.2, 0.25) is 5.02 Å². The van der Waals surface area contributed by atoms with Gasteiger partial charge in [0, 0.05) is 17.5 Å². The Hall–Kier alpha value is -1.84. The molecule has 148 valence electrons. The molecule has 0 amide bonds. The normalized spacial score (nSPS) is 16.6. The van der Waals surface area contributed by atoms with Gasteiger partial charge in [-0.3, -0.25) is 0 Å². The summed E-state index contributed by atoms with van der Waals surface area (Å²) in [5, 5.41) is 4.26. The largest absolute Gasteiger partial charge is 0.323 e. The van der Waals surface area contributed by atoms with Gasteiger partial charge in [-0.15, -0.1) is 0 Å². The fourth-order valence-corrected chi connectivity index (χ4v) is 4.56. The van der Waals surface area contributed by atoms with E-state index in [4.69, 9.17) is 16.6 Å². The highest BCUT2D eigenvalue weighted by Gasteiger charge is 2.22. The Balaban J connectivity index is 1.71. The van der Waals surface area contributed by atoms with Crippen molar-refractivity contribution in [2.24, 2.45) is 5.92 Å². The number of piperidine rings is 1. The Kier molecular flexibility index (Phi) is 5.75. The summed E-state index contributed by atoms with van der Waals surface area (Å²) in [5.74, 6) is 2.46. The van der Waals surface area contributed by atoms with Crippen molar-refractivity contribution in [2.75, 3.05) is 13.1 Å². The average molecular weight is 396 g/mol. The van der Waals surface area contributed by atoms with Crippen LogP contribution in [-0.2, 0) is 6.54 Å². The van der Waals surface area contributed by atoms with Crippen molar-refractivity contribution in [2.45, 2.75) is 52.5 Å². The minimum Gasteiger partial charge on any atom is -0.323 e. The van der Waals surface area contributed by atoms with Crippen molar-refractivity contribution >= 4 is 22.6 Å². The zero-order chi connectivity index (χ0) is 19.7. The smallest absolute Gasteiger partial charge is 0.113 e. The lowest BCUT2D eigenvalue weighted by Gasteiger charge is -2.25. The molecular weight excluding hydrogens is 366 g/mol. The Bertz CT molecular complexity index is 952. The van der Waals surface area contributed by atoms with Crippen molar-refractivity contribution in [3.63, 3.8) is 0 Å². The standard InChI is InChI=1S/C24H30ClN3/c1-16-13-22-23(14-17(16)2)28(15-20-4-6-21(25)7-5-20)24(27-22)18(3)12-19-8-10-26-11-9-19/h4-7,13-14,18-19,26H,8-12,15H2,1-3H3. The number of nitrogens with zero attached hydrogens (tertiary/aromatic N) is 2. The number of imidazole rings is 1. The molecule has 1 N–H and O–H groups in total. The maximum absolute atomic E-state index is 6.09. The Labute approximate surface area is 173 Å². The van der Waals surface area contributed by atoms with Crippen LogP contribution >= 0.6 is 11.6 Å². The van der Waals surface area contributed by atoms with E-state index in [-0.39, 0.29) is 0 Å². The van der Waals surface area contributed by atoms with E-state index in [2.05, 4.69) is 54.9 Å². The molecule has 0 radical (unpaired) electrons. The molecule has 4 rings (SSSR count). The highest BCUT2D eigenvalue weighted by molar-refractivity contribution is 6.30. The number of nitrogens with one attached hydrogen (secondary N) is 1. The Morgan fingerprint density at radius 3 is 2.50 bits per heavy atom. The molecule has 1 aliphatic rings. The summed E-state index contributed by atoms with van der Waals surface area (Å²) in [6.07, 6.45) is 3.77. The van der Waals surface area contributed by atoms with Crippen LogP contribution < -0.4 is 5.32 Å². The summed E-state index contributed by atoms with van der Waals surface area (Å²) in [7, 11) is 0. The van der Waals surface area contributed by atoms with E-state index < -0.39 is 0 Å². The third-order valence-corrected chi connectivity index (χ3v) is 6.49. The van der Waals surface area contributed by atoms with E-state index in [1.165, 1.54) is 47.3 Å². The molecule has 2 heterocycles. The molecule has 1 saturated heterocycles. The van der Waals surface area contributed by atoms with Crippen LogP contribution in [0.4, 0.5) is 0 Å². The van der Waals surface area contributed by atoms with Crippen molar-refractivity contribution in [1.82, 2.24) is 14.9 Å². The summed E-state index contributed by atoms with van der Waals surface area (Å²) in [5.41, 5.74) is 6.25. The first kappa shape index (κ1) is 19.5. The molecule has 1 unspecified atom stereocenters. The lowest BCUT2D eigenvalue weighted by atomic mass is 9.88. The van der Waals surface area contributed by atoms with Gasteiger partial charge < -0.3 is 9.88 Å². The van der Waals surface area contributed by atoms with Crippen LogP contribution in [0.3, 0.4) is 0 Å². The predicted molar refractivity (Wildman–Crippen MR) is 118 cm³/mol. The third-order valence-electron chi connectivity index (χ3n) is 6.23. The molecular formula is C24H30ClN3. The number of halogens is 1. The quantitative estimate of drug-likeness (QED) is 0.587. The van der Waals surface area contributed by atoms with Gasteiger partial charge in [0.2, 0.25) is 0 Å². The summed E-state index contributed by atoms with van der Waals surface area (Å²) in [6.45, 7) is 9.84. The molecule has 4 heteroatoms. The number of benzene rings is 2. The van der Waals surface area contributed by atoms with Crippen molar-refractivity contribution in [3.8, 4) is 0 Å². The number of hydrogen-bond donors (Lipinski definition) is 1. The summed E-state index contributed by atoms with van der Waals surface area (Å²) >= 11 is 6.09. The molecule has 2 aromatic carbocycles. The summed E-state index contributed by atoms with van der Waals surface area (Å²) in [4.78, 5) is 5.12. The molecule has 0 bridgehead atoms. The summed E-state index contributed by atoms with van der Waals surface area (Å²) in [6, 6.07) is 12.7. The molecule has 28 heavy (non-hydrogen) atoms. The second-order valence-corrected chi connectivity index (χ2v) is 8.87. The molecule has 1 fully saturated rings. The van der Waals surface area contributed by atoms with Gasteiger partial charge in [0.05, 0.1) is 11.0 Å². The van der Waals surface area contributed by atoms with E-state index in [1.54, 1.807) is 0 Å². The minimum absolute atomic E-state index is 0.448. The molecule has 0 aliphatic carbocycles. The monoisotopic (exact) mass is 395 g/mol. The number of rotatable bonds is 5. The topological polar surface area (TPSA) is 29.9 Å². The first-order valence-corrected chi connectivity index (χ1v) is 10.8. The highest BCUT2D eigenvalue weighted by atomic mass is 35.5. The Morgan fingerprint density at radius 2 is 1.79 bits per heavy atom. The van der Waals surface area contributed by atoms with E-state index in [0.29, 0.717) is 5.92 Å². The number of aryl methyl sites for hydroxylation is 2. The fraction of sp³-hybridized carbons (Fsp3) is 0.458. The predicted octanol–water partition coefficient (Wildman–Crippen LogP) is 5.85. The van der Waals surface area contributed by atoms with Crippen molar-refractivity contribution < 1.29 is 0 Å². The second kappa shape index (κ2) is 8.26. The maximum atomic E-state index is 6.09. The maximum Gasteiger partial charge on any atom is 0.113 e. The summed E-state index contributed by atoms with van der Waals surface area (Å²) < 4.78 is 2.43. The van der Waals surface area contributed by atoms with E-state index in [0.717, 1.165) is 36.1 Å². The van der Waals surface area contributed by atoms with E-state index in [1.807, 2.05) is 12.1 Å². The van der Waals surface area contributed by atoms with Crippen LogP contribution in [0.15, 0.2) is 36.4 Å². The van der Waals surface area contributed by atoms with Crippen LogP contribution in [0, 0.1) is 19.8 Å². The molecule has 1 aromatic heterocycles. The minimum atomic E-state index is 0.448. The fourth-order valence-electron chi connectivity index (χ4n) is 4.44. The lowest BCUT2D eigenvalue weighted by Crippen LogP contribution is -2.28. The number of aromatic nitrogens is 2. The highest BCUT2D eigenvalue weighted by Crippen LogP contribution is 2.31. The number of fused-ring (bicyclic) bond motifs is 1. The van der Waals surface area contributed by atoms with Gasteiger partial charge in [-0.1, -0.05) is 30.7 Å². The van der Waals surface area contributed by atoms with Crippen molar-refractivity contribution in [1.29, 1.82) is 0 Å². The molecule has 0 spiro atoms. The van der Waals surface area contributed by atoms with Gasteiger partial charge in [0.15, 0.2) is 0 Å². The average Bonchev–Trinajstić information content (AvgIpc) is 3.02. The van der Waals surface area contributed by atoms with E-state index in [9.17, 15) is 0 Å². The molecule has 0 saturated carbocycles. The zero-order valence-electron chi connectivity index (χ0n) is 17.1. The molecule has 3 aromatic rings. The van der Waals surface area contributed by atoms with Gasteiger partial charge >= 0.3 is 0 Å². The molecule has 1 aliphatic heterocycles. The van der Waals surface area contributed by atoms with Gasteiger partial charge in [-0.25, -0.2) is 4.98 Å². The lowest BCUT2D eigenvalue weighted by molar-refractivity contribution is 0.331. The van der Waals surface area contributed by atoms with Crippen molar-refractivity contribution in [3.05, 3.63) is 63.9 Å². The molecule has 3 nitrogen and oxygen atoms in total. The molecule has 1 atom stereocenters. The van der Waals surface area contributed by atoms with Crippen LogP contribution in [-0.4, -0.2) is 22.6 Å². The Morgan fingerprint density at radius 1 is 1.11 bits per heavy atom. The first-order chi connectivity index (χ1) is 13.5. The zero-order valence-corrected chi connectivity index (χ0v) is 17.9. The van der Waals surface area contributed by atoms with Gasteiger partial charge in [0.1, 0.15) is 5.82 Å². The van der Waals surface area contributed by atoms with Crippen LogP contribution in [0.25, 0.3) is 11.0 Å². The van der Waals surface area contributed by atoms with Crippen LogP contribution in [0.1, 0.15) is 54.6 Å². The van der Waals surface area contributed by atoms with E-state index >= 15 is 0 Å².